The van der Waals surface area contributed by atoms with Gasteiger partial charge in [-0.3, -0.25) is 0 Å². The minimum Gasteiger partial charge on any atom is -0.316 e. The van der Waals surface area contributed by atoms with Crippen LogP contribution in [0, 0.1) is 0 Å². The summed E-state index contributed by atoms with van der Waals surface area (Å²) in [5.74, 6) is 0. The van der Waals surface area contributed by atoms with Crippen LogP contribution in [0.5, 0.6) is 0 Å². The Hall–Kier alpha value is -3.07. The molecule has 0 unspecified atom stereocenters. The molecule has 3 heteroatoms. The smallest absolute Gasteiger partial charge is 0.316 e. The van der Waals surface area contributed by atoms with Gasteiger partial charge in [0.1, 0.15) is 0 Å². The molecule has 2 amide bonds. The third-order valence-electron chi connectivity index (χ3n) is 5.07. The van der Waals surface area contributed by atoms with Crippen LogP contribution in [0.4, 0.5) is 10.5 Å². The zero-order valence-corrected chi connectivity index (χ0v) is 15.4. The molecule has 1 aliphatic rings. The highest BCUT2D eigenvalue weighted by Gasteiger charge is 2.16. The van der Waals surface area contributed by atoms with Crippen molar-refractivity contribution in [2.75, 3.05) is 5.32 Å². The molecule has 0 saturated heterocycles. The first kappa shape index (κ1) is 17.3. The monoisotopic (exact) mass is 356 g/mol. The third kappa shape index (κ3) is 4.37. The largest absolute Gasteiger partial charge is 0.322 e. The molecule has 3 aromatic rings. The van der Waals surface area contributed by atoms with Gasteiger partial charge in [-0.1, -0.05) is 66.7 Å². The van der Waals surface area contributed by atoms with Gasteiger partial charge < -0.3 is 10.2 Å². The van der Waals surface area contributed by atoms with Crippen molar-refractivity contribution in [3.8, 4) is 0 Å². The number of rotatable bonds is 5. The van der Waals surface area contributed by atoms with Gasteiger partial charge in [0, 0.05) is 18.8 Å². The minimum absolute atomic E-state index is 0.0688. The van der Waals surface area contributed by atoms with E-state index in [-0.39, 0.29) is 6.03 Å². The van der Waals surface area contributed by atoms with Gasteiger partial charge in [0.2, 0.25) is 0 Å². The summed E-state index contributed by atoms with van der Waals surface area (Å²) in [6, 6.07) is 26.5. The first-order valence-electron chi connectivity index (χ1n) is 9.53. The SMILES string of the molecule is O=C(Nc1ccc2c(c1)CCC2)N(Cc1ccccc1)Cc1ccccc1. The number of amides is 2. The van der Waals surface area contributed by atoms with Crippen molar-refractivity contribution in [3.05, 3.63) is 101 Å². The highest BCUT2D eigenvalue weighted by Crippen LogP contribution is 2.25. The molecule has 0 saturated carbocycles. The Labute approximate surface area is 160 Å². The van der Waals surface area contributed by atoms with Crippen LogP contribution >= 0.6 is 0 Å². The lowest BCUT2D eigenvalue weighted by Crippen LogP contribution is -2.34. The quantitative estimate of drug-likeness (QED) is 0.651. The maximum atomic E-state index is 13.0. The van der Waals surface area contributed by atoms with Gasteiger partial charge >= 0.3 is 6.03 Å². The van der Waals surface area contributed by atoms with Crippen LogP contribution in [0.25, 0.3) is 0 Å². The van der Waals surface area contributed by atoms with Gasteiger partial charge in [-0.05, 0) is 53.6 Å². The predicted molar refractivity (Wildman–Crippen MR) is 110 cm³/mol. The maximum absolute atomic E-state index is 13.0. The molecule has 3 aromatic carbocycles. The fraction of sp³-hybridized carbons (Fsp3) is 0.208. The van der Waals surface area contributed by atoms with Gasteiger partial charge in [0.25, 0.3) is 0 Å². The zero-order chi connectivity index (χ0) is 18.5. The number of carbonyl (C=O) groups is 1. The van der Waals surface area contributed by atoms with Crippen LogP contribution in [0.1, 0.15) is 28.7 Å². The average Bonchev–Trinajstić information content (AvgIpc) is 3.17. The maximum Gasteiger partial charge on any atom is 0.322 e. The number of hydrogen-bond donors (Lipinski definition) is 1. The van der Waals surface area contributed by atoms with E-state index in [1.54, 1.807) is 0 Å². The van der Waals surface area contributed by atoms with Crippen molar-refractivity contribution in [3.63, 3.8) is 0 Å². The van der Waals surface area contributed by atoms with Crippen LogP contribution in [0.2, 0.25) is 0 Å². The number of urea groups is 1. The van der Waals surface area contributed by atoms with Gasteiger partial charge in [0.05, 0.1) is 0 Å². The normalized spacial score (nSPS) is 12.4. The second-order valence-corrected chi connectivity index (χ2v) is 7.09. The summed E-state index contributed by atoms with van der Waals surface area (Å²) >= 11 is 0. The lowest BCUT2D eigenvalue weighted by atomic mass is 10.1. The second-order valence-electron chi connectivity index (χ2n) is 7.09. The number of fused-ring (bicyclic) bond motifs is 1. The van der Waals surface area contributed by atoms with Crippen LogP contribution < -0.4 is 5.32 Å². The summed E-state index contributed by atoms with van der Waals surface area (Å²) in [7, 11) is 0. The molecule has 0 spiro atoms. The molecule has 136 valence electrons. The fourth-order valence-electron chi connectivity index (χ4n) is 3.66. The standard InChI is InChI=1S/C24H24N2O/c27-24(25-23-15-14-21-12-7-13-22(21)16-23)26(17-19-8-3-1-4-9-19)18-20-10-5-2-6-11-20/h1-6,8-11,14-16H,7,12-13,17-18H2,(H,25,27). The molecule has 0 fully saturated rings. The predicted octanol–water partition coefficient (Wildman–Crippen LogP) is 5.41. The van der Waals surface area contributed by atoms with E-state index in [1.165, 1.54) is 17.5 Å². The Morgan fingerprint density at radius 1 is 0.778 bits per heavy atom. The number of nitrogens with one attached hydrogen (secondary N) is 1. The summed E-state index contributed by atoms with van der Waals surface area (Å²) in [4.78, 5) is 14.9. The summed E-state index contributed by atoms with van der Waals surface area (Å²) in [5.41, 5.74) is 5.91. The van der Waals surface area contributed by atoms with Gasteiger partial charge in [-0.25, -0.2) is 4.79 Å². The third-order valence-corrected chi connectivity index (χ3v) is 5.07. The summed E-state index contributed by atoms with van der Waals surface area (Å²) in [6.45, 7) is 1.15. The molecule has 3 nitrogen and oxygen atoms in total. The van der Waals surface area contributed by atoms with Crippen molar-refractivity contribution in [2.24, 2.45) is 0 Å². The average molecular weight is 356 g/mol. The zero-order valence-electron chi connectivity index (χ0n) is 15.4. The molecule has 4 rings (SSSR count). The molecule has 0 bridgehead atoms. The van der Waals surface area contributed by atoms with E-state index < -0.39 is 0 Å². The molecule has 1 N–H and O–H groups in total. The lowest BCUT2D eigenvalue weighted by molar-refractivity contribution is 0.206. The number of anilines is 1. The molecule has 27 heavy (non-hydrogen) atoms. The second kappa shape index (κ2) is 8.09. The highest BCUT2D eigenvalue weighted by molar-refractivity contribution is 5.89. The van der Waals surface area contributed by atoms with E-state index >= 15 is 0 Å². The van der Waals surface area contributed by atoms with Crippen LogP contribution in [0.3, 0.4) is 0 Å². The van der Waals surface area contributed by atoms with E-state index in [1.807, 2.05) is 47.4 Å². The Bertz CT molecular complexity index is 865. The van der Waals surface area contributed by atoms with Crippen LogP contribution in [-0.2, 0) is 25.9 Å². The van der Waals surface area contributed by atoms with Crippen molar-refractivity contribution in [1.82, 2.24) is 4.90 Å². The molecular weight excluding hydrogens is 332 g/mol. The molecule has 0 aromatic heterocycles. The van der Waals surface area contributed by atoms with Gasteiger partial charge in [0.15, 0.2) is 0 Å². The van der Waals surface area contributed by atoms with Crippen molar-refractivity contribution in [2.45, 2.75) is 32.4 Å². The molecule has 0 heterocycles. The number of nitrogens with zero attached hydrogens (tertiary/aromatic N) is 1. The van der Waals surface area contributed by atoms with E-state index in [0.717, 1.165) is 29.7 Å². The first-order chi connectivity index (χ1) is 13.3. The summed E-state index contributed by atoms with van der Waals surface area (Å²) < 4.78 is 0. The summed E-state index contributed by atoms with van der Waals surface area (Å²) in [6.07, 6.45) is 3.47. The highest BCUT2D eigenvalue weighted by atomic mass is 16.2. The Balaban J connectivity index is 1.52. The number of hydrogen-bond acceptors (Lipinski definition) is 1. The van der Waals surface area contributed by atoms with Crippen LogP contribution in [-0.4, -0.2) is 10.9 Å². The Morgan fingerprint density at radius 3 is 2.00 bits per heavy atom. The van der Waals surface area contributed by atoms with E-state index in [0.29, 0.717) is 13.1 Å². The fourth-order valence-corrected chi connectivity index (χ4v) is 3.66. The number of benzene rings is 3. The van der Waals surface area contributed by atoms with Crippen LogP contribution in [0.15, 0.2) is 78.9 Å². The molecule has 1 aliphatic carbocycles. The van der Waals surface area contributed by atoms with E-state index in [9.17, 15) is 4.79 Å². The summed E-state index contributed by atoms with van der Waals surface area (Å²) in [5, 5.41) is 3.10. The lowest BCUT2D eigenvalue weighted by Gasteiger charge is -2.24. The first-order valence-corrected chi connectivity index (χ1v) is 9.53. The molecular formula is C24H24N2O. The minimum atomic E-state index is -0.0688. The van der Waals surface area contributed by atoms with E-state index in [4.69, 9.17) is 0 Å². The topological polar surface area (TPSA) is 32.3 Å². The van der Waals surface area contributed by atoms with Gasteiger partial charge in [-0.15, -0.1) is 0 Å². The van der Waals surface area contributed by atoms with Crippen molar-refractivity contribution in [1.29, 1.82) is 0 Å². The number of aryl methyl sites for hydroxylation is 2. The van der Waals surface area contributed by atoms with Crippen molar-refractivity contribution < 1.29 is 4.79 Å². The van der Waals surface area contributed by atoms with Crippen molar-refractivity contribution >= 4 is 11.7 Å². The number of carbonyl (C=O) groups excluding carboxylic acids is 1. The Kier molecular flexibility index (Phi) is 5.20. The van der Waals surface area contributed by atoms with Gasteiger partial charge in [-0.2, -0.15) is 0 Å². The molecule has 0 atom stereocenters. The molecule has 0 radical (unpaired) electrons. The Morgan fingerprint density at radius 2 is 1.37 bits per heavy atom. The molecule has 0 aliphatic heterocycles. The van der Waals surface area contributed by atoms with E-state index in [2.05, 4.69) is 41.7 Å².